The van der Waals surface area contributed by atoms with E-state index in [2.05, 4.69) is 11.0 Å². The van der Waals surface area contributed by atoms with E-state index < -0.39 is 0 Å². The van der Waals surface area contributed by atoms with Crippen LogP contribution in [-0.2, 0) is 6.54 Å². The fraction of sp³-hybridized carbons (Fsp3) is 0.381. The number of aliphatic hydroxyl groups excluding tert-OH is 1. The van der Waals surface area contributed by atoms with Crippen molar-refractivity contribution in [2.75, 3.05) is 20.2 Å². The van der Waals surface area contributed by atoms with Gasteiger partial charge in [-0.2, -0.15) is 0 Å². The van der Waals surface area contributed by atoms with E-state index in [-0.39, 0.29) is 6.10 Å². The molecular formula is C21H24N2O3. The molecule has 0 bridgehead atoms. The number of methoxy groups -OCH3 is 1. The largest absolute Gasteiger partial charge is 0.496 e. The van der Waals surface area contributed by atoms with Crippen molar-refractivity contribution in [1.29, 1.82) is 0 Å². The summed E-state index contributed by atoms with van der Waals surface area (Å²) in [6.45, 7) is 4.52. The SMILES string of the molecule is COc1ccc(-c2nc(CN3CCC(O)CC3)c(C)o2)c2ccccc12. The zero-order valence-corrected chi connectivity index (χ0v) is 15.2. The molecule has 2 heterocycles. The zero-order valence-electron chi connectivity index (χ0n) is 15.2. The highest BCUT2D eigenvalue weighted by Gasteiger charge is 2.21. The van der Waals surface area contributed by atoms with E-state index in [9.17, 15) is 5.11 Å². The second kappa shape index (κ2) is 7.09. The maximum atomic E-state index is 9.67. The Bertz CT molecular complexity index is 911. The van der Waals surface area contributed by atoms with Gasteiger partial charge < -0.3 is 14.3 Å². The van der Waals surface area contributed by atoms with Crippen LogP contribution in [0.5, 0.6) is 5.75 Å². The minimum Gasteiger partial charge on any atom is -0.496 e. The fourth-order valence-corrected chi connectivity index (χ4v) is 3.62. The fourth-order valence-electron chi connectivity index (χ4n) is 3.62. The van der Waals surface area contributed by atoms with Crippen molar-refractivity contribution in [3.05, 3.63) is 47.9 Å². The summed E-state index contributed by atoms with van der Waals surface area (Å²) in [5.74, 6) is 2.35. The normalized spacial score (nSPS) is 16.3. The Hall–Kier alpha value is -2.37. The van der Waals surface area contributed by atoms with Crippen LogP contribution in [0.1, 0.15) is 24.3 Å². The van der Waals surface area contributed by atoms with E-state index in [1.54, 1.807) is 7.11 Å². The van der Waals surface area contributed by atoms with Gasteiger partial charge in [-0.3, -0.25) is 4.90 Å². The Balaban J connectivity index is 1.66. The predicted molar refractivity (Wildman–Crippen MR) is 101 cm³/mol. The first-order valence-electron chi connectivity index (χ1n) is 9.08. The van der Waals surface area contributed by atoms with Gasteiger partial charge >= 0.3 is 0 Å². The van der Waals surface area contributed by atoms with E-state index in [0.717, 1.165) is 66.0 Å². The molecule has 0 atom stereocenters. The summed E-state index contributed by atoms with van der Waals surface area (Å²) in [5.41, 5.74) is 1.95. The summed E-state index contributed by atoms with van der Waals surface area (Å²) in [7, 11) is 1.68. The minimum absolute atomic E-state index is 0.161. The minimum atomic E-state index is -0.161. The molecule has 1 aliphatic rings. The molecule has 2 aromatic carbocycles. The van der Waals surface area contributed by atoms with Crippen LogP contribution < -0.4 is 4.74 Å². The second-order valence-electron chi connectivity index (χ2n) is 6.89. The number of aryl methyl sites for hydroxylation is 1. The van der Waals surface area contributed by atoms with Gasteiger partial charge in [-0.15, -0.1) is 0 Å². The van der Waals surface area contributed by atoms with Crippen LogP contribution in [0.3, 0.4) is 0 Å². The number of likely N-dealkylation sites (tertiary alicyclic amines) is 1. The lowest BCUT2D eigenvalue weighted by atomic mass is 10.0. The monoisotopic (exact) mass is 352 g/mol. The predicted octanol–water partition coefficient (Wildman–Crippen LogP) is 3.77. The van der Waals surface area contributed by atoms with E-state index in [0.29, 0.717) is 5.89 Å². The van der Waals surface area contributed by atoms with Crippen LogP contribution in [0, 0.1) is 6.92 Å². The molecule has 1 saturated heterocycles. The molecule has 0 unspecified atom stereocenters. The first-order valence-corrected chi connectivity index (χ1v) is 9.08. The molecule has 1 N–H and O–H groups in total. The van der Waals surface area contributed by atoms with Crippen LogP contribution in [0.15, 0.2) is 40.8 Å². The second-order valence-corrected chi connectivity index (χ2v) is 6.89. The van der Waals surface area contributed by atoms with Gasteiger partial charge in [0.1, 0.15) is 11.5 Å². The van der Waals surface area contributed by atoms with Crippen LogP contribution in [0.25, 0.3) is 22.2 Å². The van der Waals surface area contributed by atoms with Crippen LogP contribution in [-0.4, -0.2) is 41.3 Å². The van der Waals surface area contributed by atoms with Gasteiger partial charge in [0.25, 0.3) is 0 Å². The maximum Gasteiger partial charge on any atom is 0.227 e. The molecule has 0 aliphatic carbocycles. The highest BCUT2D eigenvalue weighted by Crippen LogP contribution is 2.34. The zero-order chi connectivity index (χ0) is 18.1. The number of aromatic nitrogens is 1. The lowest BCUT2D eigenvalue weighted by Crippen LogP contribution is -2.35. The molecule has 26 heavy (non-hydrogen) atoms. The first kappa shape index (κ1) is 17.1. The Morgan fingerprint density at radius 1 is 1.15 bits per heavy atom. The molecule has 1 aliphatic heterocycles. The van der Waals surface area contributed by atoms with Gasteiger partial charge in [0.15, 0.2) is 0 Å². The van der Waals surface area contributed by atoms with Crippen molar-refractivity contribution in [1.82, 2.24) is 9.88 Å². The molecule has 5 heteroatoms. The van der Waals surface area contributed by atoms with Gasteiger partial charge in [-0.1, -0.05) is 24.3 Å². The first-order chi connectivity index (χ1) is 12.7. The molecule has 0 amide bonds. The van der Waals surface area contributed by atoms with Crippen LogP contribution in [0.4, 0.5) is 0 Å². The Morgan fingerprint density at radius 3 is 2.62 bits per heavy atom. The summed E-state index contributed by atoms with van der Waals surface area (Å²) in [4.78, 5) is 7.11. The lowest BCUT2D eigenvalue weighted by molar-refractivity contribution is 0.0785. The third-order valence-electron chi connectivity index (χ3n) is 5.16. The smallest absolute Gasteiger partial charge is 0.227 e. The van der Waals surface area contributed by atoms with Gasteiger partial charge in [0, 0.05) is 30.6 Å². The number of aliphatic hydroxyl groups is 1. The quantitative estimate of drug-likeness (QED) is 0.774. The summed E-state index contributed by atoms with van der Waals surface area (Å²) < 4.78 is 11.5. The third kappa shape index (κ3) is 3.20. The molecule has 0 saturated carbocycles. The molecule has 5 nitrogen and oxygen atoms in total. The standard InChI is InChI=1S/C21H24N2O3/c1-14-19(13-23-11-9-15(24)10-12-23)22-21(26-14)18-7-8-20(25-2)17-6-4-3-5-16(17)18/h3-8,15,24H,9-13H2,1-2H3. The number of piperidine rings is 1. The molecule has 1 aromatic heterocycles. The molecule has 3 aromatic rings. The highest BCUT2D eigenvalue weighted by atomic mass is 16.5. The number of hydrogen-bond acceptors (Lipinski definition) is 5. The molecule has 4 rings (SSSR count). The van der Waals surface area contributed by atoms with E-state index in [4.69, 9.17) is 14.1 Å². The van der Waals surface area contributed by atoms with Gasteiger partial charge in [0.2, 0.25) is 5.89 Å². The van der Waals surface area contributed by atoms with Crippen LogP contribution >= 0.6 is 0 Å². The number of nitrogens with zero attached hydrogens (tertiary/aromatic N) is 2. The number of hydrogen-bond donors (Lipinski definition) is 1. The van der Waals surface area contributed by atoms with Gasteiger partial charge in [0.05, 0.1) is 18.9 Å². The topological polar surface area (TPSA) is 58.7 Å². The van der Waals surface area contributed by atoms with Crippen molar-refractivity contribution >= 4 is 10.8 Å². The Morgan fingerprint density at radius 2 is 1.88 bits per heavy atom. The van der Waals surface area contributed by atoms with Gasteiger partial charge in [-0.25, -0.2) is 4.98 Å². The molecule has 0 spiro atoms. The highest BCUT2D eigenvalue weighted by molar-refractivity contribution is 5.98. The van der Waals surface area contributed by atoms with Crippen molar-refractivity contribution in [3.63, 3.8) is 0 Å². The van der Waals surface area contributed by atoms with Crippen molar-refractivity contribution in [2.45, 2.75) is 32.4 Å². The number of fused-ring (bicyclic) bond motifs is 1. The lowest BCUT2D eigenvalue weighted by Gasteiger charge is -2.28. The average molecular weight is 352 g/mol. The summed E-state index contributed by atoms with van der Waals surface area (Å²) >= 11 is 0. The van der Waals surface area contributed by atoms with Crippen molar-refractivity contribution < 1.29 is 14.3 Å². The van der Waals surface area contributed by atoms with E-state index in [1.165, 1.54) is 0 Å². The average Bonchev–Trinajstić information content (AvgIpc) is 3.03. The molecule has 0 radical (unpaired) electrons. The number of oxazole rings is 1. The van der Waals surface area contributed by atoms with E-state index >= 15 is 0 Å². The molecule has 136 valence electrons. The summed E-state index contributed by atoms with van der Waals surface area (Å²) in [6.07, 6.45) is 1.49. The Labute approximate surface area is 153 Å². The Kier molecular flexibility index (Phi) is 4.66. The van der Waals surface area contributed by atoms with Crippen LogP contribution in [0.2, 0.25) is 0 Å². The van der Waals surface area contributed by atoms with Crippen molar-refractivity contribution in [2.24, 2.45) is 0 Å². The van der Waals surface area contributed by atoms with Crippen molar-refractivity contribution in [3.8, 4) is 17.2 Å². The van der Waals surface area contributed by atoms with Gasteiger partial charge in [-0.05, 0) is 37.3 Å². The number of benzene rings is 2. The summed E-state index contributed by atoms with van der Waals surface area (Å²) in [5, 5.41) is 11.8. The maximum absolute atomic E-state index is 9.67. The molecular weight excluding hydrogens is 328 g/mol. The third-order valence-corrected chi connectivity index (χ3v) is 5.16. The van der Waals surface area contributed by atoms with E-state index in [1.807, 2.05) is 37.3 Å². The number of ether oxygens (including phenoxy) is 1. The summed E-state index contributed by atoms with van der Waals surface area (Å²) in [6, 6.07) is 12.1. The number of rotatable bonds is 4. The molecule has 1 fully saturated rings.